The number of carbonyl (C=O) groups excluding carboxylic acids is 1. The Morgan fingerprint density at radius 2 is 1.45 bits per heavy atom. The summed E-state index contributed by atoms with van der Waals surface area (Å²) in [6.45, 7) is 7.80. The fraction of sp³-hybridized carbons (Fsp3) is 0.350. The van der Waals surface area contributed by atoms with Crippen LogP contribution in [0, 0.1) is 0 Å². The van der Waals surface area contributed by atoms with Crippen LogP contribution in [0.2, 0.25) is 0 Å². The SMILES string of the molecule is CC1(C)OB(c2cccc(NC(=O)Nc3ccc(C(F)(F)F)cc3)c2)OC1(C)C. The third kappa shape index (κ3) is 4.73. The molecule has 1 saturated heterocycles. The zero-order valence-electron chi connectivity index (χ0n) is 16.6. The van der Waals surface area contributed by atoms with Crippen molar-refractivity contribution < 1.29 is 27.3 Å². The monoisotopic (exact) mass is 406 g/mol. The standard InChI is InChI=1S/C20H22BF3N2O3/c1-18(2)19(3,4)29-21(28-18)14-6-5-7-16(12-14)26-17(27)25-15-10-8-13(9-11-15)20(22,23)24/h5-12H,1-4H3,(H2,25,26,27). The fourth-order valence-corrected chi connectivity index (χ4v) is 2.78. The Morgan fingerprint density at radius 3 is 2.00 bits per heavy atom. The molecular weight excluding hydrogens is 384 g/mol. The van der Waals surface area contributed by atoms with Crippen LogP contribution in [0.3, 0.4) is 0 Å². The summed E-state index contributed by atoms with van der Waals surface area (Å²) in [6.07, 6.45) is -4.42. The summed E-state index contributed by atoms with van der Waals surface area (Å²) in [4.78, 5) is 12.2. The first-order chi connectivity index (χ1) is 13.4. The van der Waals surface area contributed by atoms with Crippen molar-refractivity contribution in [3.63, 3.8) is 0 Å². The maximum absolute atomic E-state index is 12.6. The first kappa shape index (κ1) is 21.2. The van der Waals surface area contributed by atoms with Gasteiger partial charge in [-0.3, -0.25) is 0 Å². The molecule has 2 amide bonds. The molecule has 0 aliphatic carbocycles. The number of hydrogen-bond acceptors (Lipinski definition) is 3. The number of hydrogen-bond donors (Lipinski definition) is 2. The Hall–Kier alpha value is -2.52. The van der Waals surface area contributed by atoms with E-state index in [4.69, 9.17) is 9.31 Å². The highest BCUT2D eigenvalue weighted by Crippen LogP contribution is 2.36. The molecule has 2 aromatic carbocycles. The highest BCUT2D eigenvalue weighted by Gasteiger charge is 2.51. The average Bonchev–Trinajstić information content (AvgIpc) is 2.82. The van der Waals surface area contributed by atoms with Crippen molar-refractivity contribution in [2.45, 2.75) is 45.1 Å². The number of benzene rings is 2. The van der Waals surface area contributed by atoms with Gasteiger partial charge in [-0.25, -0.2) is 4.79 Å². The van der Waals surface area contributed by atoms with Crippen LogP contribution in [0.5, 0.6) is 0 Å². The van der Waals surface area contributed by atoms with Crippen LogP contribution in [0.25, 0.3) is 0 Å². The summed E-state index contributed by atoms with van der Waals surface area (Å²) >= 11 is 0. The average molecular weight is 406 g/mol. The minimum absolute atomic E-state index is 0.248. The van der Waals surface area contributed by atoms with Crippen LogP contribution >= 0.6 is 0 Å². The second-order valence-corrected chi connectivity index (χ2v) is 7.87. The topological polar surface area (TPSA) is 59.6 Å². The van der Waals surface area contributed by atoms with Crippen LogP contribution < -0.4 is 16.1 Å². The lowest BCUT2D eigenvalue weighted by molar-refractivity contribution is -0.137. The Morgan fingerprint density at radius 1 is 0.897 bits per heavy atom. The summed E-state index contributed by atoms with van der Waals surface area (Å²) in [5.41, 5.74) is -0.254. The van der Waals surface area contributed by atoms with E-state index in [0.717, 1.165) is 17.6 Å². The molecule has 1 aliphatic heterocycles. The Labute approximate surface area is 167 Å². The number of rotatable bonds is 3. The third-order valence-corrected chi connectivity index (χ3v) is 5.14. The number of carbonyl (C=O) groups is 1. The molecule has 1 heterocycles. The van der Waals surface area contributed by atoms with Gasteiger partial charge in [-0.2, -0.15) is 13.2 Å². The Bertz CT molecular complexity index is 883. The third-order valence-electron chi connectivity index (χ3n) is 5.14. The van der Waals surface area contributed by atoms with E-state index < -0.39 is 36.1 Å². The molecule has 154 valence electrons. The fourth-order valence-electron chi connectivity index (χ4n) is 2.78. The van der Waals surface area contributed by atoms with E-state index in [1.165, 1.54) is 12.1 Å². The van der Waals surface area contributed by atoms with Crippen molar-refractivity contribution in [3.8, 4) is 0 Å². The van der Waals surface area contributed by atoms with Crippen molar-refractivity contribution in [2.75, 3.05) is 10.6 Å². The molecule has 2 N–H and O–H groups in total. The van der Waals surface area contributed by atoms with Crippen LogP contribution in [-0.2, 0) is 15.5 Å². The first-order valence-corrected chi connectivity index (χ1v) is 9.08. The molecule has 0 aromatic heterocycles. The van der Waals surface area contributed by atoms with Crippen molar-refractivity contribution in [1.82, 2.24) is 0 Å². The number of halogens is 3. The molecule has 1 fully saturated rings. The second-order valence-electron chi connectivity index (χ2n) is 7.87. The van der Waals surface area contributed by atoms with Crippen LogP contribution in [0.1, 0.15) is 33.3 Å². The lowest BCUT2D eigenvalue weighted by Crippen LogP contribution is -2.41. The van der Waals surface area contributed by atoms with Crippen LogP contribution in [0.4, 0.5) is 29.3 Å². The maximum atomic E-state index is 12.6. The van der Waals surface area contributed by atoms with E-state index in [0.29, 0.717) is 5.69 Å². The van der Waals surface area contributed by atoms with Gasteiger partial charge in [0.1, 0.15) is 0 Å². The van der Waals surface area contributed by atoms with Crippen LogP contribution in [-0.4, -0.2) is 24.4 Å². The number of nitrogens with one attached hydrogen (secondary N) is 2. The highest BCUT2D eigenvalue weighted by molar-refractivity contribution is 6.62. The van der Waals surface area contributed by atoms with Crippen molar-refractivity contribution >= 4 is 30.0 Å². The molecule has 0 saturated carbocycles. The maximum Gasteiger partial charge on any atom is 0.494 e. The van der Waals surface area contributed by atoms with Crippen molar-refractivity contribution in [1.29, 1.82) is 0 Å². The highest BCUT2D eigenvalue weighted by atomic mass is 19.4. The van der Waals surface area contributed by atoms with E-state index >= 15 is 0 Å². The predicted molar refractivity (Wildman–Crippen MR) is 106 cm³/mol. The summed E-state index contributed by atoms with van der Waals surface area (Å²) in [7, 11) is -0.570. The smallest absolute Gasteiger partial charge is 0.399 e. The Balaban J connectivity index is 1.65. The molecule has 0 atom stereocenters. The van der Waals surface area contributed by atoms with E-state index in [9.17, 15) is 18.0 Å². The quantitative estimate of drug-likeness (QED) is 0.730. The minimum Gasteiger partial charge on any atom is -0.399 e. The molecule has 29 heavy (non-hydrogen) atoms. The number of alkyl halides is 3. The number of anilines is 2. The molecular formula is C20H22BF3N2O3. The van der Waals surface area contributed by atoms with Gasteiger partial charge in [0.25, 0.3) is 0 Å². The van der Waals surface area contributed by atoms with E-state index in [-0.39, 0.29) is 5.69 Å². The molecule has 0 unspecified atom stereocenters. The predicted octanol–water partition coefficient (Wildman–Crippen LogP) is 4.65. The minimum atomic E-state index is -4.42. The lowest BCUT2D eigenvalue weighted by atomic mass is 9.79. The van der Waals surface area contributed by atoms with Gasteiger partial charge in [-0.05, 0) is 69.6 Å². The zero-order valence-corrected chi connectivity index (χ0v) is 16.6. The number of amides is 2. The van der Waals surface area contributed by atoms with Gasteiger partial charge in [-0.1, -0.05) is 12.1 Å². The summed E-state index contributed by atoms with van der Waals surface area (Å²) in [5.74, 6) is 0. The summed E-state index contributed by atoms with van der Waals surface area (Å²) < 4.78 is 49.8. The molecule has 0 radical (unpaired) electrons. The van der Waals surface area contributed by atoms with Crippen LogP contribution in [0.15, 0.2) is 48.5 Å². The van der Waals surface area contributed by atoms with E-state index in [2.05, 4.69) is 10.6 Å². The van der Waals surface area contributed by atoms with E-state index in [1.807, 2.05) is 33.8 Å². The van der Waals surface area contributed by atoms with Gasteiger partial charge in [-0.15, -0.1) is 0 Å². The number of urea groups is 1. The summed E-state index contributed by atoms with van der Waals surface area (Å²) in [6, 6.07) is 10.7. The summed E-state index contributed by atoms with van der Waals surface area (Å²) in [5, 5.41) is 5.16. The molecule has 0 spiro atoms. The Kier molecular flexibility index (Phi) is 5.40. The van der Waals surface area contributed by atoms with Gasteiger partial charge < -0.3 is 19.9 Å². The van der Waals surface area contributed by atoms with Gasteiger partial charge >= 0.3 is 19.3 Å². The second kappa shape index (κ2) is 7.38. The van der Waals surface area contributed by atoms with Gasteiger partial charge in [0, 0.05) is 11.4 Å². The largest absolute Gasteiger partial charge is 0.494 e. The zero-order chi connectivity index (χ0) is 21.4. The van der Waals surface area contributed by atoms with Crippen molar-refractivity contribution in [3.05, 3.63) is 54.1 Å². The first-order valence-electron chi connectivity index (χ1n) is 9.08. The molecule has 3 rings (SSSR count). The van der Waals surface area contributed by atoms with Crippen molar-refractivity contribution in [2.24, 2.45) is 0 Å². The molecule has 1 aliphatic rings. The molecule has 0 bridgehead atoms. The van der Waals surface area contributed by atoms with Gasteiger partial charge in [0.15, 0.2) is 0 Å². The van der Waals surface area contributed by atoms with Gasteiger partial charge in [0.2, 0.25) is 0 Å². The normalized spacial score (nSPS) is 17.8. The molecule has 2 aromatic rings. The van der Waals surface area contributed by atoms with Gasteiger partial charge in [0.05, 0.1) is 16.8 Å². The molecule has 9 heteroatoms. The molecule has 5 nitrogen and oxygen atoms in total. The van der Waals surface area contributed by atoms with E-state index in [1.54, 1.807) is 18.2 Å². The lowest BCUT2D eigenvalue weighted by Gasteiger charge is -2.32.